The largest absolute Gasteiger partial charge is 0.365 e. The molecule has 0 fully saturated rings. The molecule has 1 heterocycles. The lowest BCUT2D eigenvalue weighted by atomic mass is 10.1. The smallest absolute Gasteiger partial charge is 0.233 e. The minimum absolute atomic E-state index is 0.0715. The summed E-state index contributed by atoms with van der Waals surface area (Å²) in [5, 5.41) is 11.0. The Bertz CT molecular complexity index is 715. The molecule has 0 spiro atoms. The van der Waals surface area contributed by atoms with E-state index in [1.807, 2.05) is 32.0 Å². The predicted molar refractivity (Wildman–Crippen MR) is 88.2 cm³/mol. The van der Waals surface area contributed by atoms with Crippen LogP contribution in [0, 0.1) is 6.92 Å². The standard InChI is InChI=1S/C15H20N4O2S/c1-3-9-22(20,21)19-15-8-7-14(17-18-15)16-11-13-6-4-5-12(2)10-13/h4-8,10H,3,9,11H2,1-2H3,(H,16,17)(H,18,19). The summed E-state index contributed by atoms with van der Waals surface area (Å²) < 4.78 is 25.7. The van der Waals surface area contributed by atoms with Gasteiger partial charge in [-0.05, 0) is 31.0 Å². The van der Waals surface area contributed by atoms with Gasteiger partial charge in [-0.2, -0.15) is 0 Å². The lowest BCUT2D eigenvalue weighted by molar-refractivity contribution is 0.599. The lowest BCUT2D eigenvalue weighted by Gasteiger charge is -2.08. The highest BCUT2D eigenvalue weighted by Crippen LogP contribution is 2.10. The molecular weight excluding hydrogens is 300 g/mol. The average molecular weight is 320 g/mol. The van der Waals surface area contributed by atoms with E-state index in [1.165, 1.54) is 5.56 Å². The second-order valence-electron chi connectivity index (χ2n) is 5.07. The monoisotopic (exact) mass is 320 g/mol. The van der Waals surface area contributed by atoms with Crippen molar-refractivity contribution < 1.29 is 8.42 Å². The van der Waals surface area contributed by atoms with Gasteiger partial charge in [0.15, 0.2) is 5.82 Å². The topological polar surface area (TPSA) is 84.0 Å². The van der Waals surface area contributed by atoms with Crippen LogP contribution in [0.5, 0.6) is 0 Å². The molecule has 0 aliphatic carbocycles. The molecule has 0 saturated heterocycles. The Morgan fingerprint density at radius 2 is 1.82 bits per heavy atom. The Balaban J connectivity index is 1.94. The van der Waals surface area contributed by atoms with Gasteiger partial charge in [-0.15, -0.1) is 10.2 Å². The molecule has 0 radical (unpaired) electrons. The van der Waals surface area contributed by atoms with Crippen molar-refractivity contribution >= 4 is 21.7 Å². The van der Waals surface area contributed by atoms with Crippen molar-refractivity contribution in [1.82, 2.24) is 10.2 Å². The Hall–Kier alpha value is -2.15. The SMILES string of the molecule is CCCS(=O)(=O)Nc1ccc(NCc2cccc(C)c2)nn1. The van der Waals surface area contributed by atoms with E-state index in [4.69, 9.17) is 0 Å². The predicted octanol–water partition coefficient (Wildman–Crippen LogP) is 2.55. The van der Waals surface area contributed by atoms with Gasteiger partial charge < -0.3 is 5.32 Å². The summed E-state index contributed by atoms with van der Waals surface area (Å²) in [6, 6.07) is 11.5. The first kappa shape index (κ1) is 16.2. The molecule has 22 heavy (non-hydrogen) atoms. The van der Waals surface area contributed by atoms with Gasteiger partial charge in [0.1, 0.15) is 5.82 Å². The Labute approximate surface area is 131 Å². The zero-order valence-electron chi connectivity index (χ0n) is 12.7. The van der Waals surface area contributed by atoms with Crippen LogP contribution in [0.2, 0.25) is 0 Å². The molecule has 2 N–H and O–H groups in total. The van der Waals surface area contributed by atoms with Crippen molar-refractivity contribution in [3.63, 3.8) is 0 Å². The minimum Gasteiger partial charge on any atom is -0.365 e. The van der Waals surface area contributed by atoms with Gasteiger partial charge in [0.25, 0.3) is 0 Å². The molecule has 6 nitrogen and oxygen atoms in total. The van der Waals surface area contributed by atoms with Crippen molar-refractivity contribution in [1.29, 1.82) is 0 Å². The number of nitrogens with one attached hydrogen (secondary N) is 2. The number of aryl methyl sites for hydroxylation is 1. The summed E-state index contributed by atoms with van der Waals surface area (Å²) in [6.07, 6.45) is 0.554. The van der Waals surface area contributed by atoms with Crippen LogP contribution in [0.25, 0.3) is 0 Å². The zero-order valence-corrected chi connectivity index (χ0v) is 13.5. The fourth-order valence-corrected chi connectivity index (χ4v) is 3.04. The number of nitrogens with zero attached hydrogens (tertiary/aromatic N) is 2. The van der Waals surface area contributed by atoms with Crippen molar-refractivity contribution in [3.8, 4) is 0 Å². The number of aromatic nitrogens is 2. The fourth-order valence-electron chi connectivity index (χ4n) is 1.97. The zero-order chi connectivity index (χ0) is 16.0. The molecule has 2 aromatic rings. The third-order valence-corrected chi connectivity index (χ3v) is 4.42. The average Bonchev–Trinajstić information content (AvgIpc) is 2.46. The van der Waals surface area contributed by atoms with Crippen LogP contribution in [0.4, 0.5) is 11.6 Å². The molecule has 0 saturated carbocycles. The number of anilines is 2. The first-order valence-corrected chi connectivity index (χ1v) is 8.77. The summed E-state index contributed by atoms with van der Waals surface area (Å²) in [6.45, 7) is 4.49. The van der Waals surface area contributed by atoms with Gasteiger partial charge in [0.05, 0.1) is 5.75 Å². The molecule has 118 valence electrons. The van der Waals surface area contributed by atoms with E-state index in [0.29, 0.717) is 18.8 Å². The van der Waals surface area contributed by atoms with E-state index in [9.17, 15) is 8.42 Å². The second-order valence-corrected chi connectivity index (χ2v) is 6.91. The molecule has 2 rings (SSSR count). The normalized spacial score (nSPS) is 11.2. The molecule has 0 amide bonds. The van der Waals surface area contributed by atoms with Crippen molar-refractivity contribution in [3.05, 3.63) is 47.5 Å². The van der Waals surface area contributed by atoms with E-state index in [0.717, 1.165) is 5.56 Å². The maximum absolute atomic E-state index is 11.6. The molecule has 0 atom stereocenters. The minimum atomic E-state index is -3.33. The highest BCUT2D eigenvalue weighted by atomic mass is 32.2. The first-order chi connectivity index (χ1) is 10.5. The van der Waals surface area contributed by atoms with Crippen LogP contribution in [0.15, 0.2) is 36.4 Å². The molecule has 0 aliphatic heterocycles. The lowest BCUT2D eigenvalue weighted by Crippen LogP contribution is -2.17. The Morgan fingerprint density at radius 1 is 1.09 bits per heavy atom. The van der Waals surface area contributed by atoms with Crippen LogP contribution in [-0.2, 0) is 16.6 Å². The number of hydrogen-bond donors (Lipinski definition) is 2. The van der Waals surface area contributed by atoms with Crippen molar-refractivity contribution in [2.75, 3.05) is 15.8 Å². The molecule has 1 aromatic heterocycles. The van der Waals surface area contributed by atoms with Gasteiger partial charge in [0, 0.05) is 6.54 Å². The number of rotatable bonds is 7. The summed E-state index contributed by atoms with van der Waals surface area (Å²) in [5.74, 6) is 0.900. The van der Waals surface area contributed by atoms with Crippen LogP contribution in [0.1, 0.15) is 24.5 Å². The van der Waals surface area contributed by atoms with Crippen LogP contribution in [-0.4, -0.2) is 24.4 Å². The molecule has 0 aliphatic rings. The molecule has 0 bridgehead atoms. The van der Waals surface area contributed by atoms with Crippen molar-refractivity contribution in [2.24, 2.45) is 0 Å². The molecule has 7 heteroatoms. The second kappa shape index (κ2) is 7.22. The van der Waals surface area contributed by atoms with Gasteiger partial charge in [-0.25, -0.2) is 8.42 Å². The maximum atomic E-state index is 11.6. The van der Waals surface area contributed by atoms with Crippen LogP contribution >= 0.6 is 0 Å². The van der Waals surface area contributed by atoms with Crippen molar-refractivity contribution in [2.45, 2.75) is 26.8 Å². The number of benzene rings is 1. The van der Waals surface area contributed by atoms with E-state index in [-0.39, 0.29) is 11.6 Å². The summed E-state index contributed by atoms with van der Waals surface area (Å²) >= 11 is 0. The summed E-state index contributed by atoms with van der Waals surface area (Å²) in [4.78, 5) is 0. The van der Waals surface area contributed by atoms with Gasteiger partial charge in [-0.1, -0.05) is 36.8 Å². The Morgan fingerprint density at radius 3 is 2.45 bits per heavy atom. The first-order valence-electron chi connectivity index (χ1n) is 7.12. The van der Waals surface area contributed by atoms with E-state index in [2.05, 4.69) is 26.3 Å². The van der Waals surface area contributed by atoms with Crippen LogP contribution < -0.4 is 10.0 Å². The Kier molecular flexibility index (Phi) is 5.32. The van der Waals surface area contributed by atoms with Gasteiger partial charge in [-0.3, -0.25) is 4.72 Å². The van der Waals surface area contributed by atoms with E-state index < -0.39 is 10.0 Å². The third-order valence-electron chi connectivity index (χ3n) is 2.95. The van der Waals surface area contributed by atoms with E-state index >= 15 is 0 Å². The van der Waals surface area contributed by atoms with Gasteiger partial charge >= 0.3 is 0 Å². The molecule has 0 unspecified atom stereocenters. The maximum Gasteiger partial charge on any atom is 0.233 e. The number of hydrogen-bond acceptors (Lipinski definition) is 5. The summed E-state index contributed by atoms with van der Waals surface area (Å²) in [5.41, 5.74) is 2.35. The third kappa shape index (κ3) is 5.00. The van der Waals surface area contributed by atoms with Crippen LogP contribution in [0.3, 0.4) is 0 Å². The quantitative estimate of drug-likeness (QED) is 0.819. The van der Waals surface area contributed by atoms with E-state index in [1.54, 1.807) is 12.1 Å². The molecule has 1 aromatic carbocycles. The summed E-state index contributed by atoms with van der Waals surface area (Å²) in [7, 11) is -3.33. The highest BCUT2D eigenvalue weighted by molar-refractivity contribution is 7.92. The fraction of sp³-hybridized carbons (Fsp3) is 0.333. The number of sulfonamides is 1. The highest BCUT2D eigenvalue weighted by Gasteiger charge is 2.09. The van der Waals surface area contributed by atoms with Gasteiger partial charge in [0.2, 0.25) is 10.0 Å². The molecular formula is C15H20N4O2S.